The average molecular weight is 362 g/mol. The first-order chi connectivity index (χ1) is 12.0. The van der Waals surface area contributed by atoms with Crippen molar-refractivity contribution in [2.24, 2.45) is 5.92 Å². The van der Waals surface area contributed by atoms with E-state index in [1.54, 1.807) is 25.3 Å². The number of carbonyl (C=O) groups excluding carboxylic acids is 1. The van der Waals surface area contributed by atoms with Crippen molar-refractivity contribution in [1.29, 1.82) is 0 Å². The van der Waals surface area contributed by atoms with Gasteiger partial charge in [0.15, 0.2) is 0 Å². The minimum atomic E-state index is 0.166. The van der Waals surface area contributed by atoms with Crippen LogP contribution in [0.1, 0.15) is 39.2 Å². The normalized spacial score (nSPS) is 11.8. The fourth-order valence-electron chi connectivity index (χ4n) is 2.48. The molecule has 0 unspecified atom stereocenters. The van der Waals surface area contributed by atoms with Gasteiger partial charge < -0.3 is 14.3 Å². The van der Waals surface area contributed by atoms with E-state index in [0.29, 0.717) is 35.4 Å². The molecule has 1 aromatic carbocycles. The molecule has 0 N–H and O–H groups in total. The van der Waals surface area contributed by atoms with Gasteiger partial charge in [-0.1, -0.05) is 37.9 Å². The van der Waals surface area contributed by atoms with Crippen LogP contribution in [0.25, 0.3) is 0 Å². The van der Waals surface area contributed by atoms with E-state index >= 15 is 0 Å². The van der Waals surface area contributed by atoms with Crippen molar-refractivity contribution in [3.8, 4) is 17.4 Å². The molecule has 0 bridgehead atoms. The summed E-state index contributed by atoms with van der Waals surface area (Å²) in [6.45, 7) is 6.18. The van der Waals surface area contributed by atoms with Crippen LogP contribution in [0.4, 0.5) is 0 Å². The number of benzene rings is 1. The molecule has 0 radical (unpaired) electrons. The van der Waals surface area contributed by atoms with Crippen LogP contribution in [0.5, 0.6) is 17.4 Å². The molecule has 1 atom stereocenters. The minimum Gasteiger partial charge on any atom is -0.492 e. The third-order valence-electron chi connectivity index (χ3n) is 3.63. The summed E-state index contributed by atoms with van der Waals surface area (Å²) in [6.07, 6.45) is 4.19. The largest absolute Gasteiger partial charge is 0.492 e. The lowest BCUT2D eigenvalue weighted by molar-refractivity contribution is -0.118. The Hall–Kier alpha value is -2.07. The molecule has 25 heavy (non-hydrogen) atoms. The molecule has 0 aliphatic rings. The fourth-order valence-corrected chi connectivity index (χ4v) is 2.73. The minimum absolute atomic E-state index is 0.166. The van der Waals surface area contributed by atoms with Gasteiger partial charge in [-0.2, -0.15) is 0 Å². The van der Waals surface area contributed by atoms with Gasteiger partial charge in [0, 0.05) is 12.5 Å². The van der Waals surface area contributed by atoms with Crippen LogP contribution in [0.3, 0.4) is 0 Å². The molecule has 0 saturated carbocycles. The molecule has 0 fully saturated rings. The first kappa shape index (κ1) is 19.3. The third-order valence-corrected chi connectivity index (χ3v) is 3.92. The molecule has 4 nitrogen and oxygen atoms in total. The third kappa shape index (κ3) is 6.39. The second-order valence-corrected chi connectivity index (χ2v) is 6.68. The molecule has 2 aromatic rings. The lowest BCUT2D eigenvalue weighted by atomic mass is 10.1. The molecule has 0 aliphatic carbocycles. The Morgan fingerprint density at radius 2 is 2.08 bits per heavy atom. The number of rotatable bonds is 9. The number of halogens is 1. The van der Waals surface area contributed by atoms with E-state index in [-0.39, 0.29) is 11.7 Å². The number of aromatic nitrogens is 1. The molecule has 0 saturated heterocycles. The molecular formula is C20H24ClNO3. The Labute approximate surface area is 154 Å². The molecule has 0 spiro atoms. The van der Waals surface area contributed by atoms with Crippen molar-refractivity contribution >= 4 is 17.4 Å². The van der Waals surface area contributed by atoms with Gasteiger partial charge in [0.05, 0.1) is 17.8 Å². The molecule has 0 aliphatic heterocycles. The molecule has 2 rings (SSSR count). The van der Waals surface area contributed by atoms with Crippen LogP contribution >= 0.6 is 11.6 Å². The van der Waals surface area contributed by atoms with E-state index in [1.165, 1.54) is 5.56 Å². The number of aryl methyl sites for hydroxylation is 1. The smallest absolute Gasteiger partial charge is 0.219 e. The summed E-state index contributed by atoms with van der Waals surface area (Å²) in [4.78, 5) is 15.3. The van der Waals surface area contributed by atoms with Gasteiger partial charge in [0.25, 0.3) is 0 Å². The van der Waals surface area contributed by atoms with Crippen LogP contribution in [0.2, 0.25) is 5.02 Å². The van der Waals surface area contributed by atoms with Gasteiger partial charge >= 0.3 is 0 Å². The van der Waals surface area contributed by atoms with Gasteiger partial charge in [-0.3, -0.25) is 0 Å². The highest BCUT2D eigenvalue weighted by molar-refractivity contribution is 6.32. The SMILES string of the molecule is CCCc1ccc(Oc2ccc(OC[C@H](C)CC(C)=O)cn2)c(Cl)c1. The lowest BCUT2D eigenvalue weighted by Gasteiger charge is -2.12. The predicted octanol–water partition coefficient (Wildman–Crippen LogP) is 5.47. The standard InChI is InChI=1S/C20H24ClNO3/c1-4-5-16-6-8-19(18(21)11-16)25-20-9-7-17(12-22-20)24-13-14(2)10-15(3)23/h6-9,11-12,14H,4-5,10,13H2,1-3H3/t14-/m1/s1. The highest BCUT2D eigenvalue weighted by atomic mass is 35.5. The summed E-state index contributed by atoms with van der Waals surface area (Å²) < 4.78 is 11.4. The maximum Gasteiger partial charge on any atom is 0.219 e. The van der Waals surface area contributed by atoms with Crippen LogP contribution in [-0.4, -0.2) is 17.4 Å². The second kappa shape index (κ2) is 9.42. The number of Topliss-reactive ketones (excluding diaryl/α,β-unsaturated/α-hetero) is 1. The topological polar surface area (TPSA) is 48.4 Å². The van der Waals surface area contributed by atoms with E-state index in [4.69, 9.17) is 21.1 Å². The fraction of sp³-hybridized carbons (Fsp3) is 0.400. The average Bonchev–Trinajstić information content (AvgIpc) is 2.56. The van der Waals surface area contributed by atoms with Gasteiger partial charge in [-0.05, 0) is 43.0 Å². The monoisotopic (exact) mass is 361 g/mol. The van der Waals surface area contributed by atoms with Gasteiger partial charge in [-0.15, -0.1) is 0 Å². The number of hydrogen-bond donors (Lipinski definition) is 0. The van der Waals surface area contributed by atoms with Crippen molar-refractivity contribution in [2.75, 3.05) is 6.61 Å². The van der Waals surface area contributed by atoms with Crippen LogP contribution in [0.15, 0.2) is 36.5 Å². The van der Waals surface area contributed by atoms with Gasteiger partial charge in [-0.25, -0.2) is 4.98 Å². The summed E-state index contributed by atoms with van der Waals surface area (Å²) in [6, 6.07) is 9.33. The second-order valence-electron chi connectivity index (χ2n) is 6.27. The van der Waals surface area contributed by atoms with Crippen molar-refractivity contribution < 1.29 is 14.3 Å². The van der Waals surface area contributed by atoms with Crippen molar-refractivity contribution in [2.45, 2.75) is 40.0 Å². The molecule has 0 amide bonds. The molecule has 1 heterocycles. The Balaban J connectivity index is 1.93. The zero-order chi connectivity index (χ0) is 18.2. The summed E-state index contributed by atoms with van der Waals surface area (Å²) in [5.74, 6) is 2.02. The summed E-state index contributed by atoms with van der Waals surface area (Å²) in [5, 5.41) is 0.575. The zero-order valence-electron chi connectivity index (χ0n) is 14.9. The molecule has 5 heteroatoms. The Morgan fingerprint density at radius 3 is 2.68 bits per heavy atom. The zero-order valence-corrected chi connectivity index (χ0v) is 15.7. The molecular weight excluding hydrogens is 338 g/mol. The van der Waals surface area contributed by atoms with Crippen molar-refractivity contribution in [3.05, 3.63) is 47.1 Å². The predicted molar refractivity (Wildman–Crippen MR) is 99.7 cm³/mol. The van der Waals surface area contributed by atoms with Crippen LogP contribution in [-0.2, 0) is 11.2 Å². The summed E-state index contributed by atoms with van der Waals surface area (Å²) in [7, 11) is 0. The van der Waals surface area contributed by atoms with E-state index in [9.17, 15) is 4.79 Å². The first-order valence-electron chi connectivity index (χ1n) is 8.52. The number of nitrogens with zero attached hydrogens (tertiary/aromatic N) is 1. The number of carbonyl (C=O) groups is 1. The Kier molecular flexibility index (Phi) is 7.26. The highest BCUT2D eigenvalue weighted by Gasteiger charge is 2.08. The maximum absolute atomic E-state index is 11.1. The summed E-state index contributed by atoms with van der Waals surface area (Å²) >= 11 is 6.27. The van der Waals surface area contributed by atoms with Gasteiger partial charge in [0.1, 0.15) is 17.3 Å². The lowest BCUT2D eigenvalue weighted by Crippen LogP contribution is -2.11. The quantitative estimate of drug-likeness (QED) is 0.593. The number of ether oxygens (including phenoxy) is 2. The van der Waals surface area contributed by atoms with Crippen molar-refractivity contribution in [3.63, 3.8) is 0 Å². The number of ketones is 1. The van der Waals surface area contributed by atoms with E-state index < -0.39 is 0 Å². The Morgan fingerprint density at radius 1 is 1.28 bits per heavy atom. The van der Waals surface area contributed by atoms with Gasteiger partial charge in [0.2, 0.25) is 5.88 Å². The highest BCUT2D eigenvalue weighted by Crippen LogP contribution is 2.30. The van der Waals surface area contributed by atoms with Crippen LogP contribution < -0.4 is 9.47 Å². The maximum atomic E-state index is 11.1. The van der Waals surface area contributed by atoms with Crippen LogP contribution in [0, 0.1) is 5.92 Å². The molecule has 1 aromatic heterocycles. The first-order valence-corrected chi connectivity index (χ1v) is 8.90. The number of hydrogen-bond acceptors (Lipinski definition) is 4. The Bertz CT molecular complexity index is 701. The summed E-state index contributed by atoms with van der Waals surface area (Å²) in [5.41, 5.74) is 1.19. The van der Waals surface area contributed by atoms with Crippen molar-refractivity contribution in [1.82, 2.24) is 4.98 Å². The number of pyridine rings is 1. The van der Waals surface area contributed by atoms with E-state index in [0.717, 1.165) is 12.8 Å². The molecule has 134 valence electrons. The van der Waals surface area contributed by atoms with E-state index in [1.807, 2.05) is 25.1 Å². The van der Waals surface area contributed by atoms with E-state index in [2.05, 4.69) is 11.9 Å².